The van der Waals surface area contributed by atoms with Crippen LogP contribution in [0.1, 0.15) is 6.85 Å². The molecule has 69 heavy (non-hydrogen) atoms. The molecule has 0 N–H and O–H groups in total. The molecule has 0 saturated carbocycles. The SMILES string of the molecule is [2H]c1c([2H])c([2H])c(-c2nc(-c3cc(-n4c5ccccc5c5ccccc54)cc4c3oc3cccc(-c5cccc(-c6ccccc6)c5)c34)nc(-c3cccc4c3c3ccccc3n4-c3ccccc3)n2)c([2H])c1[2H]. The Morgan fingerprint density at radius 2 is 0.899 bits per heavy atom. The molecule has 322 valence electrons. The quantitative estimate of drug-likeness (QED) is 0.160. The topological polar surface area (TPSA) is 61.7 Å². The monoisotopic (exact) mass is 886 g/mol. The van der Waals surface area contributed by atoms with Gasteiger partial charge in [0.05, 0.1) is 34.5 Å². The number of benzene rings is 10. The molecule has 0 aliphatic carbocycles. The predicted molar refractivity (Wildman–Crippen MR) is 283 cm³/mol. The van der Waals surface area contributed by atoms with Crippen LogP contribution in [0.2, 0.25) is 0 Å². The summed E-state index contributed by atoms with van der Waals surface area (Å²) in [6, 6.07) is 67.9. The van der Waals surface area contributed by atoms with E-state index < -0.39 is 30.2 Å². The fourth-order valence-corrected chi connectivity index (χ4v) is 10.3. The van der Waals surface area contributed by atoms with E-state index in [4.69, 9.17) is 23.5 Å². The van der Waals surface area contributed by atoms with Crippen molar-refractivity contribution < 1.29 is 11.3 Å². The number of para-hydroxylation sites is 4. The van der Waals surface area contributed by atoms with Gasteiger partial charge in [0.1, 0.15) is 11.2 Å². The van der Waals surface area contributed by atoms with E-state index in [9.17, 15) is 2.74 Å². The lowest BCUT2D eigenvalue weighted by Crippen LogP contribution is -2.02. The number of nitrogens with zero attached hydrogens (tertiary/aromatic N) is 5. The zero-order valence-corrected chi connectivity index (χ0v) is 36.8. The smallest absolute Gasteiger partial charge is 0.167 e. The second-order valence-corrected chi connectivity index (χ2v) is 17.2. The standard InChI is InChI=1S/C63H39N5O/c1-4-19-40(20-5-1)42-23-16-24-43(37-42)46-30-18-36-57-59(46)51-38-45(68-53-32-13-10-27-47(53)48-28-11-14-33-54(48)68)39-52(60(51)69-57)63-65-61(41-21-6-2-7-22-41)64-62(66-63)50-31-17-35-56-58(50)49-29-12-15-34-55(49)67(56)44-25-8-3-9-26-44/h1-39H/i2D,6D,7D,21D,22D. The molecule has 10 aromatic carbocycles. The summed E-state index contributed by atoms with van der Waals surface area (Å²) >= 11 is 0. The molecule has 6 nitrogen and oxygen atoms in total. The molecule has 6 heteroatoms. The van der Waals surface area contributed by atoms with Crippen LogP contribution in [0.15, 0.2) is 241 Å². The van der Waals surface area contributed by atoms with Gasteiger partial charge in [0.15, 0.2) is 17.5 Å². The zero-order valence-electron chi connectivity index (χ0n) is 41.8. The first-order valence-electron chi connectivity index (χ1n) is 25.4. The number of hydrogen-bond donors (Lipinski definition) is 0. The molecular formula is C63H39N5O. The Kier molecular flexibility index (Phi) is 7.69. The summed E-state index contributed by atoms with van der Waals surface area (Å²) in [6.45, 7) is 0. The van der Waals surface area contributed by atoms with E-state index in [0.29, 0.717) is 22.3 Å². The number of hydrogen-bond acceptors (Lipinski definition) is 4. The number of furan rings is 1. The van der Waals surface area contributed by atoms with Crippen LogP contribution in [0.3, 0.4) is 0 Å². The van der Waals surface area contributed by atoms with E-state index in [-0.39, 0.29) is 23.0 Å². The van der Waals surface area contributed by atoms with Crippen LogP contribution in [0, 0.1) is 0 Å². The average Bonchev–Trinajstić information content (AvgIpc) is 4.13. The van der Waals surface area contributed by atoms with E-state index in [2.05, 4.69) is 124 Å². The van der Waals surface area contributed by atoms with Crippen LogP contribution in [0.25, 0.3) is 133 Å². The van der Waals surface area contributed by atoms with Gasteiger partial charge >= 0.3 is 0 Å². The maximum atomic E-state index is 9.22. The maximum Gasteiger partial charge on any atom is 0.167 e. The van der Waals surface area contributed by atoms with E-state index in [1.807, 2.05) is 91.0 Å². The maximum absolute atomic E-state index is 9.22. The normalized spacial score (nSPS) is 12.8. The van der Waals surface area contributed by atoms with Crippen molar-refractivity contribution in [1.82, 2.24) is 24.1 Å². The molecule has 0 atom stereocenters. The van der Waals surface area contributed by atoms with Crippen LogP contribution >= 0.6 is 0 Å². The molecule has 4 aromatic heterocycles. The van der Waals surface area contributed by atoms with Crippen molar-refractivity contribution in [3.05, 3.63) is 236 Å². The minimum absolute atomic E-state index is 0.0734. The Morgan fingerprint density at radius 3 is 1.65 bits per heavy atom. The summed E-state index contributed by atoms with van der Waals surface area (Å²) in [4.78, 5) is 15.7. The summed E-state index contributed by atoms with van der Waals surface area (Å²) < 4.78 is 56.0. The first-order valence-corrected chi connectivity index (χ1v) is 22.9. The lowest BCUT2D eigenvalue weighted by atomic mass is 9.95. The van der Waals surface area contributed by atoms with Crippen molar-refractivity contribution in [2.75, 3.05) is 0 Å². The summed E-state index contributed by atoms with van der Waals surface area (Å²) in [5, 5.41) is 5.74. The highest BCUT2D eigenvalue weighted by atomic mass is 16.3. The van der Waals surface area contributed by atoms with Gasteiger partial charge in [-0.1, -0.05) is 176 Å². The molecule has 0 fully saturated rings. The molecule has 0 aliphatic rings. The van der Waals surface area contributed by atoms with Gasteiger partial charge in [0, 0.05) is 54.8 Å². The fourth-order valence-electron chi connectivity index (χ4n) is 10.3. The van der Waals surface area contributed by atoms with Gasteiger partial charge in [-0.25, -0.2) is 15.0 Å². The number of aromatic nitrogens is 5. The molecule has 0 saturated heterocycles. The summed E-state index contributed by atoms with van der Waals surface area (Å²) in [6.07, 6.45) is 0. The van der Waals surface area contributed by atoms with Crippen LogP contribution in [0.4, 0.5) is 0 Å². The largest absolute Gasteiger partial charge is 0.455 e. The Bertz CT molecular complexity index is 4540. The molecule has 14 aromatic rings. The van der Waals surface area contributed by atoms with Crippen molar-refractivity contribution in [2.45, 2.75) is 0 Å². The molecule has 0 amide bonds. The van der Waals surface area contributed by atoms with Crippen LogP contribution in [0.5, 0.6) is 0 Å². The van der Waals surface area contributed by atoms with Crippen LogP contribution in [-0.4, -0.2) is 24.1 Å². The molecule has 0 radical (unpaired) electrons. The third-order valence-electron chi connectivity index (χ3n) is 13.3. The highest BCUT2D eigenvalue weighted by molar-refractivity contribution is 6.18. The summed E-state index contributed by atoms with van der Waals surface area (Å²) in [7, 11) is 0. The van der Waals surface area contributed by atoms with Gasteiger partial charge in [0.25, 0.3) is 0 Å². The first kappa shape index (κ1) is 34.0. The minimum atomic E-state index is -0.510. The molecule has 14 rings (SSSR count). The van der Waals surface area contributed by atoms with Crippen molar-refractivity contribution in [2.24, 2.45) is 0 Å². The molecular weight excluding hydrogens is 843 g/mol. The average molecular weight is 887 g/mol. The van der Waals surface area contributed by atoms with Crippen LogP contribution in [-0.2, 0) is 0 Å². The van der Waals surface area contributed by atoms with Crippen molar-refractivity contribution in [3.8, 4) is 67.8 Å². The highest BCUT2D eigenvalue weighted by Crippen LogP contribution is 2.45. The summed E-state index contributed by atoms with van der Waals surface area (Å²) in [5.41, 5.74) is 12.1. The van der Waals surface area contributed by atoms with E-state index in [1.165, 1.54) is 0 Å². The number of rotatable bonds is 7. The second kappa shape index (κ2) is 15.6. The van der Waals surface area contributed by atoms with Gasteiger partial charge in [-0.15, -0.1) is 0 Å². The number of fused-ring (bicyclic) bond motifs is 9. The molecule has 0 unspecified atom stereocenters. The van der Waals surface area contributed by atoms with Crippen molar-refractivity contribution in [1.29, 1.82) is 0 Å². The van der Waals surface area contributed by atoms with E-state index in [0.717, 1.165) is 88.0 Å². The minimum Gasteiger partial charge on any atom is -0.455 e. The lowest BCUT2D eigenvalue weighted by molar-refractivity contribution is 0.669. The van der Waals surface area contributed by atoms with Gasteiger partial charge < -0.3 is 13.6 Å². The molecule has 0 aliphatic heterocycles. The second-order valence-electron chi connectivity index (χ2n) is 17.2. The summed E-state index contributed by atoms with van der Waals surface area (Å²) in [5.74, 6) is 0.374. The van der Waals surface area contributed by atoms with Gasteiger partial charge in [-0.2, -0.15) is 0 Å². The highest BCUT2D eigenvalue weighted by Gasteiger charge is 2.25. The predicted octanol–water partition coefficient (Wildman–Crippen LogP) is 16.3. The molecule has 0 bridgehead atoms. The third kappa shape index (κ3) is 6.23. The fraction of sp³-hybridized carbons (Fsp3) is 0. The lowest BCUT2D eigenvalue weighted by Gasteiger charge is -2.13. The first-order chi connectivity index (χ1) is 36.3. The van der Waals surface area contributed by atoms with E-state index in [1.54, 1.807) is 0 Å². The van der Waals surface area contributed by atoms with Gasteiger partial charge in [-0.3, -0.25) is 0 Å². The Balaban J connectivity index is 1.11. The zero-order chi connectivity index (χ0) is 49.8. The van der Waals surface area contributed by atoms with Crippen molar-refractivity contribution >= 4 is 65.6 Å². The molecule has 4 heterocycles. The third-order valence-corrected chi connectivity index (χ3v) is 13.3. The molecule has 0 spiro atoms. The van der Waals surface area contributed by atoms with Crippen LogP contribution < -0.4 is 0 Å². The Morgan fingerprint density at radius 1 is 0.348 bits per heavy atom. The Labute approximate surface area is 403 Å². The van der Waals surface area contributed by atoms with Crippen molar-refractivity contribution in [3.63, 3.8) is 0 Å². The van der Waals surface area contributed by atoms with Gasteiger partial charge in [-0.05, 0) is 82.9 Å². The Hall–Kier alpha value is -9.39. The van der Waals surface area contributed by atoms with E-state index >= 15 is 0 Å². The van der Waals surface area contributed by atoms with Gasteiger partial charge in [0.2, 0.25) is 0 Å².